The summed E-state index contributed by atoms with van der Waals surface area (Å²) in [5.41, 5.74) is 0.766. The van der Waals surface area contributed by atoms with E-state index in [1.807, 2.05) is 0 Å². The lowest BCUT2D eigenvalue weighted by atomic mass is 10.1. The number of aliphatic imine (C=N–C) groups is 1. The number of phenolic OH excluding ortho intramolecular Hbond substituents is 1. The average Bonchev–Trinajstić information content (AvgIpc) is 3.02. The van der Waals surface area contributed by atoms with E-state index in [-0.39, 0.29) is 38.9 Å². The molecule has 1 atom stereocenters. The van der Waals surface area contributed by atoms with Gasteiger partial charge in [-0.2, -0.15) is 9.63 Å². The third-order valence-corrected chi connectivity index (χ3v) is 4.14. The SMILES string of the molecule is O=C(O)C1=NC(N=Nc2cc(S(=O)(O)=[OH+])c3ccccc3c2O)=N[NH2+]1. The average molecular weight is 365 g/mol. The highest BCUT2D eigenvalue weighted by molar-refractivity contribution is 7.86. The van der Waals surface area contributed by atoms with Crippen molar-refractivity contribution in [3.63, 3.8) is 0 Å². The van der Waals surface area contributed by atoms with E-state index in [0.717, 1.165) is 11.5 Å². The van der Waals surface area contributed by atoms with Crippen molar-refractivity contribution in [1.82, 2.24) is 0 Å². The molecule has 1 heterocycles. The summed E-state index contributed by atoms with van der Waals surface area (Å²) in [5, 5.41) is 30.3. The second kappa shape index (κ2) is 6.01. The predicted molar refractivity (Wildman–Crippen MR) is 85.5 cm³/mol. The second-order valence-corrected chi connectivity index (χ2v) is 6.28. The maximum atomic E-state index is 11.7. The number of benzene rings is 2. The minimum atomic E-state index is -4.33. The number of phenols is 1. The number of aromatic hydroxyl groups is 1. The first kappa shape index (κ1) is 16.6. The van der Waals surface area contributed by atoms with E-state index in [2.05, 4.69) is 20.3 Å². The fourth-order valence-electron chi connectivity index (χ4n) is 2.14. The number of hydrogen-bond donors (Lipinski definition) is 4. The molecule has 2 aromatic rings. The highest BCUT2D eigenvalue weighted by Gasteiger charge is 2.25. The normalized spacial score (nSPS) is 16.7. The molecule has 0 radical (unpaired) electrons. The lowest BCUT2D eigenvalue weighted by Crippen LogP contribution is -2.82. The molecule has 128 valence electrons. The van der Waals surface area contributed by atoms with Crippen LogP contribution in [0.2, 0.25) is 0 Å². The molecule has 1 aliphatic rings. The number of aliphatic carboxylic acids is 1. The van der Waals surface area contributed by atoms with Crippen LogP contribution in [0, 0.1) is 0 Å². The molecule has 0 amide bonds. The molecule has 0 aliphatic carbocycles. The molecule has 12 heteroatoms. The molecule has 0 bridgehead atoms. The molecular weight excluding hydrogens is 354 g/mol. The summed E-state index contributed by atoms with van der Waals surface area (Å²) in [6.45, 7) is 0. The van der Waals surface area contributed by atoms with Crippen molar-refractivity contribution in [2.75, 3.05) is 0 Å². The summed E-state index contributed by atoms with van der Waals surface area (Å²) >= 11 is 0. The van der Waals surface area contributed by atoms with E-state index in [4.69, 9.17) is 5.11 Å². The van der Waals surface area contributed by atoms with Crippen molar-refractivity contribution in [2.45, 2.75) is 4.90 Å². The van der Waals surface area contributed by atoms with E-state index in [1.165, 1.54) is 12.1 Å². The fourth-order valence-corrected chi connectivity index (χ4v) is 2.87. The first-order valence-corrected chi connectivity index (χ1v) is 8.13. The summed E-state index contributed by atoms with van der Waals surface area (Å²) in [5.74, 6) is -2.21. The van der Waals surface area contributed by atoms with Crippen LogP contribution in [0.5, 0.6) is 5.75 Å². The van der Waals surface area contributed by atoms with Gasteiger partial charge in [0.1, 0.15) is 5.69 Å². The molecule has 2 aromatic carbocycles. The zero-order valence-electron chi connectivity index (χ0n) is 12.3. The summed E-state index contributed by atoms with van der Waals surface area (Å²) in [6, 6.07) is 7.09. The Morgan fingerprint density at radius 3 is 2.52 bits per heavy atom. The molecule has 0 saturated heterocycles. The van der Waals surface area contributed by atoms with Gasteiger partial charge in [0.2, 0.25) is 0 Å². The molecule has 1 unspecified atom stereocenters. The van der Waals surface area contributed by atoms with Crippen molar-refractivity contribution in [3.05, 3.63) is 30.3 Å². The standard InChI is InChI=1S/C13H9N5O6S/c19-10-7-4-2-1-3-6(7)9(25(22,23)24)5-8(10)15-17-13-14-11(12(20)21)16-18-13/h1-5,19H,(H,20,21)(H,14,16,18)(H,22,23,24)/p+2. The van der Waals surface area contributed by atoms with Crippen molar-refractivity contribution < 1.29 is 33.4 Å². The molecule has 11 nitrogen and oxygen atoms in total. The van der Waals surface area contributed by atoms with Gasteiger partial charge in [0.15, 0.2) is 10.6 Å². The molecule has 3 rings (SSSR count). The molecular formula is C13H11N5O6S+2. The van der Waals surface area contributed by atoms with Crippen molar-refractivity contribution in [3.8, 4) is 5.75 Å². The van der Waals surface area contributed by atoms with Gasteiger partial charge in [0, 0.05) is 10.8 Å². The largest absolute Gasteiger partial charge is 0.505 e. The summed E-state index contributed by atoms with van der Waals surface area (Å²) in [4.78, 5) is 14.0. The summed E-state index contributed by atoms with van der Waals surface area (Å²) < 4.78 is 30.7. The van der Waals surface area contributed by atoms with Gasteiger partial charge < -0.3 is 10.2 Å². The fraction of sp³-hybridized carbons (Fsp3) is 0. The van der Waals surface area contributed by atoms with Crippen LogP contribution in [0.15, 0.2) is 55.5 Å². The Balaban J connectivity index is 2.10. The summed E-state index contributed by atoms with van der Waals surface area (Å²) in [7, 11) is -4.33. The Labute approximate surface area is 139 Å². The Bertz CT molecular complexity index is 1090. The quantitative estimate of drug-likeness (QED) is 0.264. The van der Waals surface area contributed by atoms with Crippen LogP contribution in [0.4, 0.5) is 5.69 Å². The Morgan fingerprint density at radius 1 is 1.24 bits per heavy atom. The third-order valence-electron chi connectivity index (χ3n) is 3.23. The molecule has 0 saturated carbocycles. The molecule has 6 N–H and O–H groups in total. The number of nitrogens with zero attached hydrogens (tertiary/aromatic N) is 4. The maximum Gasteiger partial charge on any atom is 0.435 e. The van der Waals surface area contributed by atoms with E-state index in [9.17, 15) is 22.9 Å². The van der Waals surface area contributed by atoms with Crippen LogP contribution in [-0.4, -0.2) is 40.9 Å². The number of carboxylic acid groups (broad SMARTS) is 1. The van der Waals surface area contributed by atoms with E-state index in [1.54, 1.807) is 12.1 Å². The van der Waals surface area contributed by atoms with E-state index >= 15 is 0 Å². The van der Waals surface area contributed by atoms with Gasteiger partial charge in [-0.05, 0) is 11.2 Å². The van der Waals surface area contributed by atoms with Gasteiger partial charge in [0.05, 0.1) is 0 Å². The number of quaternary nitrogens is 1. The number of fused-ring (bicyclic) bond motifs is 1. The van der Waals surface area contributed by atoms with Gasteiger partial charge in [-0.15, -0.1) is 19.4 Å². The molecule has 0 aromatic heterocycles. The van der Waals surface area contributed by atoms with Crippen LogP contribution < -0.4 is 5.43 Å². The Morgan fingerprint density at radius 2 is 1.92 bits per heavy atom. The lowest BCUT2D eigenvalue weighted by molar-refractivity contribution is -0.540. The van der Waals surface area contributed by atoms with Crippen molar-refractivity contribution >= 4 is 44.3 Å². The Kier molecular flexibility index (Phi) is 4.00. The smallest absolute Gasteiger partial charge is 0.435 e. The number of nitrogens with two attached hydrogens (primary N) is 1. The van der Waals surface area contributed by atoms with E-state index in [0.29, 0.717) is 0 Å². The summed E-state index contributed by atoms with van der Waals surface area (Å²) in [6.07, 6.45) is 0. The number of hydrogen-bond acceptors (Lipinski definition) is 7. The number of amidine groups is 1. The number of rotatable bonds is 3. The maximum absolute atomic E-state index is 11.7. The van der Waals surface area contributed by atoms with Gasteiger partial charge >= 0.3 is 27.9 Å². The van der Waals surface area contributed by atoms with Crippen LogP contribution >= 0.6 is 0 Å². The highest BCUT2D eigenvalue weighted by atomic mass is 32.2. The van der Waals surface area contributed by atoms with Crippen LogP contribution in [0.1, 0.15) is 0 Å². The van der Waals surface area contributed by atoms with Crippen molar-refractivity contribution in [2.24, 2.45) is 20.3 Å². The number of carboxylic acids is 1. The lowest BCUT2D eigenvalue weighted by Gasteiger charge is -2.06. The molecule has 1 aliphatic heterocycles. The van der Waals surface area contributed by atoms with Crippen LogP contribution in [0.25, 0.3) is 10.8 Å². The number of carbonyl (C=O) groups is 1. The van der Waals surface area contributed by atoms with Crippen LogP contribution in [-0.2, 0) is 14.9 Å². The van der Waals surface area contributed by atoms with Gasteiger partial charge in [-0.25, -0.2) is 9.35 Å². The highest BCUT2D eigenvalue weighted by Crippen LogP contribution is 2.39. The van der Waals surface area contributed by atoms with Gasteiger partial charge in [-0.1, -0.05) is 24.3 Å². The van der Waals surface area contributed by atoms with Gasteiger partial charge in [-0.3, -0.25) is 0 Å². The topological polar surface area (TPSA) is 182 Å². The minimum Gasteiger partial charge on any atom is -0.505 e. The Hall–Kier alpha value is -3.22. The first-order valence-electron chi connectivity index (χ1n) is 6.66. The zero-order chi connectivity index (χ0) is 18.2. The zero-order valence-corrected chi connectivity index (χ0v) is 13.1. The third kappa shape index (κ3) is 3.21. The van der Waals surface area contributed by atoms with E-state index < -0.39 is 16.1 Å². The van der Waals surface area contributed by atoms with Crippen LogP contribution in [0.3, 0.4) is 0 Å². The monoisotopic (exact) mass is 365 g/mol. The minimum absolute atomic E-state index is 0.173. The number of guanidine groups is 1. The molecule has 0 spiro atoms. The predicted octanol–water partition coefficient (Wildman–Crippen LogP) is 0.364. The molecule has 25 heavy (non-hydrogen) atoms. The second-order valence-electron chi connectivity index (χ2n) is 4.85. The first-order chi connectivity index (χ1) is 11.8. The number of azo groups is 1. The van der Waals surface area contributed by atoms with Crippen molar-refractivity contribution in [1.29, 1.82) is 0 Å². The molecule has 0 fully saturated rings. The van der Waals surface area contributed by atoms with Gasteiger partial charge in [0.25, 0.3) is 0 Å².